The molecule has 136 valence electrons. The number of fused-ring (bicyclic) bond motifs is 1. The van der Waals surface area contributed by atoms with Gasteiger partial charge < -0.3 is 9.64 Å². The molecule has 0 aliphatic carbocycles. The maximum Gasteiger partial charge on any atom is 0.265 e. The van der Waals surface area contributed by atoms with E-state index in [1.807, 2.05) is 12.1 Å². The van der Waals surface area contributed by atoms with Crippen molar-refractivity contribution in [2.24, 2.45) is 0 Å². The number of sulfonamides is 1. The summed E-state index contributed by atoms with van der Waals surface area (Å²) < 4.78 is 34.2. The minimum atomic E-state index is -3.73. The van der Waals surface area contributed by atoms with Crippen LogP contribution in [0.1, 0.15) is 12.8 Å². The average Bonchev–Trinajstić information content (AvgIpc) is 3.30. The number of para-hydroxylation sites is 1. The molecule has 0 unspecified atom stereocenters. The number of aromatic nitrogens is 1. The number of nitrogens with one attached hydrogen (secondary N) is 1. The molecule has 1 fully saturated rings. The smallest absolute Gasteiger partial charge is 0.265 e. The molecule has 26 heavy (non-hydrogen) atoms. The van der Waals surface area contributed by atoms with E-state index in [-0.39, 0.29) is 4.90 Å². The lowest BCUT2D eigenvalue weighted by Gasteiger charge is -2.11. The zero-order valence-electron chi connectivity index (χ0n) is 14.3. The standard InChI is InChI=1S/C18H19N3O3S2/c1-24-15-6-2-3-7-17(15)26(22,23)20-13-8-9-14-16(12-13)25-18(19-14)21-10-4-5-11-21/h2-3,6-9,12,20H,4-5,10-11H2,1H3. The van der Waals surface area contributed by atoms with Gasteiger partial charge in [0.25, 0.3) is 10.0 Å². The van der Waals surface area contributed by atoms with E-state index in [1.165, 1.54) is 26.0 Å². The van der Waals surface area contributed by atoms with Gasteiger partial charge in [0.15, 0.2) is 5.13 Å². The monoisotopic (exact) mass is 389 g/mol. The zero-order chi connectivity index (χ0) is 18.1. The Hall–Kier alpha value is -2.32. The van der Waals surface area contributed by atoms with E-state index in [4.69, 9.17) is 4.74 Å². The van der Waals surface area contributed by atoms with Crippen molar-refractivity contribution in [3.63, 3.8) is 0 Å². The summed E-state index contributed by atoms with van der Waals surface area (Å²) in [4.78, 5) is 7.06. The van der Waals surface area contributed by atoms with Gasteiger partial charge in [0.05, 0.1) is 23.0 Å². The van der Waals surface area contributed by atoms with Crippen LogP contribution in [0, 0.1) is 0 Å². The van der Waals surface area contributed by atoms with E-state index in [2.05, 4.69) is 14.6 Å². The minimum absolute atomic E-state index is 0.115. The topological polar surface area (TPSA) is 71.5 Å². The third kappa shape index (κ3) is 3.22. The Bertz CT molecular complexity index is 1040. The van der Waals surface area contributed by atoms with Crippen molar-refractivity contribution in [1.29, 1.82) is 0 Å². The third-order valence-electron chi connectivity index (χ3n) is 4.36. The number of rotatable bonds is 5. The highest BCUT2D eigenvalue weighted by atomic mass is 32.2. The van der Waals surface area contributed by atoms with Crippen molar-refractivity contribution < 1.29 is 13.2 Å². The summed E-state index contributed by atoms with van der Waals surface area (Å²) in [5, 5.41) is 1.00. The van der Waals surface area contributed by atoms with E-state index >= 15 is 0 Å². The average molecular weight is 390 g/mol. The summed E-state index contributed by atoms with van der Waals surface area (Å²) in [6.45, 7) is 2.07. The molecule has 3 aromatic rings. The van der Waals surface area contributed by atoms with Crippen LogP contribution in [0.25, 0.3) is 10.2 Å². The van der Waals surface area contributed by atoms with Crippen molar-refractivity contribution in [1.82, 2.24) is 4.98 Å². The molecule has 4 rings (SSSR count). The lowest BCUT2D eigenvalue weighted by molar-refractivity contribution is 0.403. The molecule has 0 bridgehead atoms. The molecule has 0 amide bonds. The number of methoxy groups -OCH3 is 1. The predicted molar refractivity (Wildman–Crippen MR) is 105 cm³/mol. The third-order valence-corrected chi connectivity index (χ3v) is 6.86. The van der Waals surface area contributed by atoms with Gasteiger partial charge in [0, 0.05) is 13.1 Å². The molecule has 2 heterocycles. The molecule has 8 heteroatoms. The summed E-state index contributed by atoms with van der Waals surface area (Å²) in [6.07, 6.45) is 2.39. The van der Waals surface area contributed by atoms with Crippen LogP contribution in [-0.4, -0.2) is 33.6 Å². The Balaban J connectivity index is 1.64. The van der Waals surface area contributed by atoms with E-state index in [0.29, 0.717) is 11.4 Å². The number of hydrogen-bond donors (Lipinski definition) is 1. The predicted octanol–water partition coefficient (Wildman–Crippen LogP) is 3.71. The van der Waals surface area contributed by atoms with Crippen LogP contribution in [0.15, 0.2) is 47.4 Å². The van der Waals surface area contributed by atoms with Gasteiger partial charge in [-0.25, -0.2) is 13.4 Å². The molecule has 1 saturated heterocycles. The molecule has 0 spiro atoms. The normalized spacial score (nSPS) is 14.7. The van der Waals surface area contributed by atoms with Crippen molar-refractivity contribution in [3.8, 4) is 5.75 Å². The van der Waals surface area contributed by atoms with Gasteiger partial charge in [-0.3, -0.25) is 4.72 Å². The van der Waals surface area contributed by atoms with Crippen LogP contribution in [0.3, 0.4) is 0 Å². The Labute approximate surface area is 156 Å². The Morgan fingerprint density at radius 1 is 1.15 bits per heavy atom. The Morgan fingerprint density at radius 2 is 1.92 bits per heavy atom. The second kappa shape index (κ2) is 6.77. The first-order valence-electron chi connectivity index (χ1n) is 8.38. The van der Waals surface area contributed by atoms with E-state index in [9.17, 15) is 8.42 Å². The molecule has 2 aromatic carbocycles. The van der Waals surface area contributed by atoms with Crippen LogP contribution >= 0.6 is 11.3 Å². The molecule has 0 saturated carbocycles. The lowest BCUT2D eigenvalue weighted by atomic mass is 10.3. The number of thiazole rings is 1. The summed E-state index contributed by atoms with van der Waals surface area (Å²) in [5.74, 6) is 0.315. The Kier molecular flexibility index (Phi) is 4.46. The van der Waals surface area contributed by atoms with Crippen LogP contribution in [0.5, 0.6) is 5.75 Å². The molecule has 1 aliphatic heterocycles. The van der Waals surface area contributed by atoms with Crippen molar-refractivity contribution in [2.45, 2.75) is 17.7 Å². The van der Waals surface area contributed by atoms with Gasteiger partial charge in [-0.1, -0.05) is 23.5 Å². The van der Waals surface area contributed by atoms with Gasteiger partial charge in [-0.2, -0.15) is 0 Å². The van der Waals surface area contributed by atoms with Crippen LogP contribution < -0.4 is 14.4 Å². The summed E-state index contributed by atoms with van der Waals surface area (Å²) in [6, 6.07) is 12.0. The Morgan fingerprint density at radius 3 is 2.69 bits per heavy atom. The van der Waals surface area contributed by atoms with Gasteiger partial charge in [0.1, 0.15) is 10.6 Å². The molecular weight excluding hydrogens is 370 g/mol. The fraction of sp³-hybridized carbons (Fsp3) is 0.278. The van der Waals surface area contributed by atoms with Crippen LogP contribution in [0.2, 0.25) is 0 Å². The van der Waals surface area contributed by atoms with Crippen molar-refractivity contribution in [2.75, 3.05) is 29.8 Å². The second-order valence-corrected chi connectivity index (χ2v) is 8.79. The summed E-state index contributed by atoms with van der Waals surface area (Å²) >= 11 is 1.59. The fourth-order valence-electron chi connectivity index (χ4n) is 3.07. The highest BCUT2D eigenvalue weighted by molar-refractivity contribution is 7.92. The van der Waals surface area contributed by atoms with Crippen LogP contribution in [0.4, 0.5) is 10.8 Å². The van der Waals surface area contributed by atoms with Gasteiger partial charge in [0.2, 0.25) is 0 Å². The molecule has 1 aromatic heterocycles. The molecule has 6 nitrogen and oxygen atoms in total. The lowest BCUT2D eigenvalue weighted by Crippen LogP contribution is -2.16. The first-order valence-corrected chi connectivity index (χ1v) is 10.7. The largest absolute Gasteiger partial charge is 0.495 e. The first kappa shape index (κ1) is 17.1. The number of hydrogen-bond acceptors (Lipinski definition) is 6. The first-order chi connectivity index (χ1) is 12.6. The second-order valence-electron chi connectivity index (χ2n) is 6.13. The molecule has 1 N–H and O–H groups in total. The number of anilines is 2. The van der Waals surface area contributed by atoms with Gasteiger partial charge >= 0.3 is 0 Å². The molecule has 0 radical (unpaired) electrons. The maximum atomic E-state index is 12.7. The molecular formula is C18H19N3O3S2. The van der Waals surface area contributed by atoms with E-state index in [0.717, 1.165) is 28.4 Å². The highest BCUT2D eigenvalue weighted by Crippen LogP contribution is 2.33. The number of ether oxygens (including phenoxy) is 1. The minimum Gasteiger partial charge on any atom is -0.495 e. The van der Waals surface area contributed by atoms with E-state index < -0.39 is 10.0 Å². The van der Waals surface area contributed by atoms with E-state index in [1.54, 1.807) is 35.6 Å². The van der Waals surface area contributed by atoms with Crippen molar-refractivity contribution in [3.05, 3.63) is 42.5 Å². The fourth-order valence-corrected chi connectivity index (χ4v) is 5.35. The zero-order valence-corrected chi connectivity index (χ0v) is 15.9. The number of nitrogens with zero attached hydrogens (tertiary/aromatic N) is 2. The van der Waals surface area contributed by atoms with Crippen LogP contribution in [-0.2, 0) is 10.0 Å². The molecule has 0 atom stereocenters. The number of benzene rings is 2. The highest BCUT2D eigenvalue weighted by Gasteiger charge is 2.20. The van der Waals surface area contributed by atoms with Gasteiger partial charge in [-0.15, -0.1) is 0 Å². The maximum absolute atomic E-state index is 12.7. The quantitative estimate of drug-likeness (QED) is 0.720. The SMILES string of the molecule is COc1ccccc1S(=O)(=O)Nc1ccc2nc(N3CCCC3)sc2c1. The summed E-state index contributed by atoms with van der Waals surface area (Å²) in [5.41, 5.74) is 1.40. The van der Waals surface area contributed by atoms with Crippen molar-refractivity contribution >= 4 is 42.4 Å². The van der Waals surface area contributed by atoms with Gasteiger partial charge in [-0.05, 0) is 43.2 Å². The summed E-state index contributed by atoms with van der Waals surface area (Å²) in [7, 11) is -2.28. The molecule has 1 aliphatic rings.